The molecule has 3 aromatic heterocycles. The smallest absolute Gasteiger partial charge is 0.137 e. The van der Waals surface area contributed by atoms with Crippen LogP contribution < -0.4 is 4.90 Å². The van der Waals surface area contributed by atoms with Crippen LogP contribution in [0.1, 0.15) is 25.0 Å². The zero-order valence-electron chi connectivity index (χ0n) is 37.0. The fraction of sp³-hybridized carbons (Fsp3) is 0.0476. The quantitative estimate of drug-likeness (QED) is 0.166. The van der Waals surface area contributed by atoms with E-state index in [2.05, 4.69) is 230 Å². The molecule has 0 amide bonds. The van der Waals surface area contributed by atoms with Crippen molar-refractivity contribution in [3.05, 3.63) is 230 Å². The van der Waals surface area contributed by atoms with Crippen molar-refractivity contribution in [1.82, 2.24) is 4.57 Å². The van der Waals surface area contributed by atoms with E-state index in [4.69, 9.17) is 4.42 Å². The number of aromatic nitrogens is 1. The summed E-state index contributed by atoms with van der Waals surface area (Å²) in [4.78, 5) is 2.41. The number of fused-ring (bicyclic) bond motifs is 12. The van der Waals surface area contributed by atoms with Crippen molar-refractivity contribution in [2.75, 3.05) is 4.90 Å². The predicted octanol–water partition coefficient (Wildman–Crippen LogP) is 18.2. The van der Waals surface area contributed by atoms with Gasteiger partial charge in [-0.1, -0.05) is 141 Å². The Balaban J connectivity index is 0.835. The molecule has 0 saturated carbocycles. The van der Waals surface area contributed by atoms with Crippen LogP contribution in [0, 0.1) is 0 Å². The average molecular weight is 875 g/mol. The van der Waals surface area contributed by atoms with Crippen LogP contribution in [0.2, 0.25) is 0 Å². The highest BCUT2D eigenvalue weighted by molar-refractivity contribution is 7.25. The molecule has 14 rings (SSSR count). The lowest BCUT2D eigenvalue weighted by Gasteiger charge is -2.28. The minimum atomic E-state index is -0.114. The number of furan rings is 1. The molecule has 3 nitrogen and oxygen atoms in total. The molecular formula is C63H42N2OS. The summed E-state index contributed by atoms with van der Waals surface area (Å²) in [5, 5.41) is 7.38. The highest BCUT2D eigenvalue weighted by Gasteiger charge is 2.35. The summed E-state index contributed by atoms with van der Waals surface area (Å²) in [5.41, 5.74) is 18.6. The van der Waals surface area contributed by atoms with E-state index in [0.29, 0.717) is 0 Å². The summed E-state index contributed by atoms with van der Waals surface area (Å²) >= 11 is 1.86. The Labute approximate surface area is 392 Å². The molecule has 0 unspecified atom stereocenters. The number of rotatable bonds is 6. The van der Waals surface area contributed by atoms with E-state index in [1.165, 1.54) is 81.0 Å². The van der Waals surface area contributed by atoms with Crippen LogP contribution in [0.15, 0.2) is 223 Å². The Morgan fingerprint density at radius 3 is 1.78 bits per heavy atom. The third-order valence-corrected chi connectivity index (χ3v) is 15.6. The molecule has 1 aliphatic rings. The molecule has 0 fully saturated rings. The summed E-state index contributed by atoms with van der Waals surface area (Å²) in [5.74, 6) is 0. The second-order valence-electron chi connectivity index (χ2n) is 18.5. The standard InChI is InChI=1S/C63H42N2OS/c1-63(2)55-15-7-3-11-47(55)48-33-32-46(36-56(48)63)64(44-28-23-41(24-29-44)42-25-34-62-54(35-42)51-14-6-10-18-61(51)67-62)43-26-19-39(20-27-43)40-21-30-45(31-22-40)65-57-16-8-4-12-49(57)52-37-53-50-13-5-9-17-59(50)66-60(53)38-58(52)65/h3-38H,1-2H3. The van der Waals surface area contributed by atoms with Crippen molar-refractivity contribution in [1.29, 1.82) is 0 Å². The van der Waals surface area contributed by atoms with Crippen LogP contribution in [0.3, 0.4) is 0 Å². The second-order valence-corrected chi connectivity index (χ2v) is 19.6. The fourth-order valence-corrected chi connectivity index (χ4v) is 12.1. The number of benzene rings is 10. The van der Waals surface area contributed by atoms with Gasteiger partial charge in [0.25, 0.3) is 0 Å². The molecule has 10 aromatic carbocycles. The lowest BCUT2D eigenvalue weighted by Crippen LogP contribution is -2.16. The van der Waals surface area contributed by atoms with Gasteiger partial charge in [0.05, 0.1) is 11.0 Å². The largest absolute Gasteiger partial charge is 0.456 e. The van der Waals surface area contributed by atoms with Gasteiger partial charge in [0, 0.05) is 75.9 Å². The Kier molecular flexibility index (Phi) is 8.20. The highest BCUT2D eigenvalue weighted by Crippen LogP contribution is 2.51. The Morgan fingerprint density at radius 2 is 0.985 bits per heavy atom. The minimum Gasteiger partial charge on any atom is -0.456 e. The molecule has 0 bridgehead atoms. The van der Waals surface area contributed by atoms with Crippen molar-refractivity contribution < 1.29 is 4.42 Å². The third-order valence-electron chi connectivity index (χ3n) is 14.4. The molecule has 0 radical (unpaired) electrons. The number of anilines is 3. The van der Waals surface area contributed by atoms with Gasteiger partial charge in [-0.05, 0) is 129 Å². The van der Waals surface area contributed by atoms with E-state index in [9.17, 15) is 0 Å². The molecule has 3 heterocycles. The van der Waals surface area contributed by atoms with E-state index < -0.39 is 0 Å². The van der Waals surface area contributed by atoms with Gasteiger partial charge in [-0.3, -0.25) is 0 Å². The molecule has 0 saturated heterocycles. The first-order valence-electron chi connectivity index (χ1n) is 23.1. The summed E-state index contributed by atoms with van der Waals surface area (Å²) < 4.78 is 11.4. The van der Waals surface area contributed by atoms with Gasteiger partial charge in [0.15, 0.2) is 0 Å². The molecule has 0 spiro atoms. The van der Waals surface area contributed by atoms with Gasteiger partial charge >= 0.3 is 0 Å². The van der Waals surface area contributed by atoms with E-state index in [1.54, 1.807) is 0 Å². The van der Waals surface area contributed by atoms with Crippen molar-refractivity contribution in [3.8, 4) is 39.1 Å². The molecule has 0 N–H and O–H groups in total. The highest BCUT2D eigenvalue weighted by atomic mass is 32.1. The molecule has 0 atom stereocenters. The van der Waals surface area contributed by atoms with E-state index in [-0.39, 0.29) is 5.41 Å². The summed E-state index contributed by atoms with van der Waals surface area (Å²) in [6.07, 6.45) is 0. The number of hydrogen-bond donors (Lipinski definition) is 0. The molecule has 4 heteroatoms. The Morgan fingerprint density at radius 1 is 0.388 bits per heavy atom. The maximum absolute atomic E-state index is 6.38. The van der Waals surface area contributed by atoms with Gasteiger partial charge in [-0.15, -0.1) is 11.3 Å². The van der Waals surface area contributed by atoms with Gasteiger partial charge in [0.2, 0.25) is 0 Å². The van der Waals surface area contributed by atoms with Crippen molar-refractivity contribution in [2.24, 2.45) is 0 Å². The number of para-hydroxylation sites is 2. The van der Waals surface area contributed by atoms with Gasteiger partial charge < -0.3 is 13.9 Å². The zero-order valence-corrected chi connectivity index (χ0v) is 37.8. The van der Waals surface area contributed by atoms with Crippen molar-refractivity contribution >= 4 is 92.3 Å². The number of thiophene rings is 1. The SMILES string of the molecule is CC1(C)c2ccccc2-c2ccc(N(c3ccc(-c4ccc(-n5c6ccccc6c6cc7c(cc65)oc5ccccc57)cc4)cc3)c3ccc(-c4ccc5sc6ccccc6c5c4)cc3)cc21. The molecule has 1 aliphatic carbocycles. The van der Waals surface area contributed by atoms with E-state index >= 15 is 0 Å². The van der Waals surface area contributed by atoms with Gasteiger partial charge in [-0.2, -0.15) is 0 Å². The summed E-state index contributed by atoms with van der Waals surface area (Å²) in [6.45, 7) is 4.71. The Hall–Kier alpha value is -8.18. The van der Waals surface area contributed by atoms with E-state index in [0.717, 1.165) is 50.2 Å². The van der Waals surface area contributed by atoms with Gasteiger partial charge in [0.1, 0.15) is 11.2 Å². The van der Waals surface area contributed by atoms with Crippen molar-refractivity contribution in [2.45, 2.75) is 19.3 Å². The molecule has 13 aromatic rings. The minimum absolute atomic E-state index is 0.114. The normalized spacial score (nSPS) is 13.0. The molecule has 316 valence electrons. The average Bonchev–Trinajstić information content (AvgIpc) is 4.10. The van der Waals surface area contributed by atoms with Crippen LogP contribution in [0.5, 0.6) is 0 Å². The third kappa shape index (κ3) is 5.83. The van der Waals surface area contributed by atoms with Crippen LogP contribution >= 0.6 is 11.3 Å². The summed E-state index contributed by atoms with van der Waals surface area (Å²) in [7, 11) is 0. The lowest BCUT2D eigenvalue weighted by molar-refractivity contribution is 0.660. The maximum atomic E-state index is 6.38. The molecule has 0 aliphatic heterocycles. The first-order chi connectivity index (χ1) is 32.9. The zero-order chi connectivity index (χ0) is 44.4. The van der Waals surface area contributed by atoms with Gasteiger partial charge in [-0.25, -0.2) is 0 Å². The fourth-order valence-electron chi connectivity index (χ4n) is 11.1. The number of nitrogens with zero attached hydrogens (tertiary/aromatic N) is 2. The second kappa shape index (κ2) is 14.4. The van der Waals surface area contributed by atoms with Crippen LogP contribution in [-0.2, 0) is 5.41 Å². The maximum Gasteiger partial charge on any atom is 0.137 e. The predicted molar refractivity (Wildman–Crippen MR) is 284 cm³/mol. The first-order valence-corrected chi connectivity index (χ1v) is 23.9. The monoisotopic (exact) mass is 874 g/mol. The van der Waals surface area contributed by atoms with Crippen LogP contribution in [-0.4, -0.2) is 4.57 Å². The Bertz CT molecular complexity index is 4110. The number of hydrogen-bond acceptors (Lipinski definition) is 3. The first kappa shape index (κ1) is 38.1. The molecule has 67 heavy (non-hydrogen) atoms. The lowest BCUT2D eigenvalue weighted by atomic mass is 9.82. The van der Waals surface area contributed by atoms with Crippen LogP contribution in [0.4, 0.5) is 17.1 Å². The van der Waals surface area contributed by atoms with E-state index in [1.807, 2.05) is 23.5 Å². The molecular weight excluding hydrogens is 833 g/mol. The van der Waals surface area contributed by atoms with Crippen LogP contribution in [0.25, 0.3) is 103 Å². The van der Waals surface area contributed by atoms with Crippen molar-refractivity contribution in [3.63, 3.8) is 0 Å². The summed E-state index contributed by atoms with van der Waals surface area (Å²) in [6, 6.07) is 80.2. The topological polar surface area (TPSA) is 21.3 Å².